The molecular weight excluding hydrogens is 347 g/mol. The van der Waals surface area contributed by atoms with Crippen LogP contribution in [0, 0.1) is 15.9 Å². The zero-order chi connectivity index (χ0) is 15.6. The Morgan fingerprint density at radius 1 is 1.62 bits per heavy atom. The third-order valence-corrected chi connectivity index (χ3v) is 3.65. The predicted octanol–water partition coefficient (Wildman–Crippen LogP) is 2.38. The quantitative estimate of drug-likeness (QED) is 0.574. The topological polar surface area (TPSA) is 84.6 Å². The first-order valence-corrected chi connectivity index (χ1v) is 7.30. The maximum Gasteiger partial charge on any atom is 0.315 e. The molecule has 0 aromatic heterocycles. The fourth-order valence-corrected chi connectivity index (χ4v) is 2.29. The van der Waals surface area contributed by atoms with Gasteiger partial charge in [0, 0.05) is 12.6 Å². The van der Waals surface area contributed by atoms with Gasteiger partial charge in [0.25, 0.3) is 0 Å². The van der Waals surface area contributed by atoms with Crippen molar-refractivity contribution >= 4 is 21.6 Å². The molecule has 1 atom stereocenters. The number of nitrogens with one attached hydrogen (secondary N) is 1. The minimum Gasteiger partial charge on any atom is -0.483 e. The molecule has 2 rings (SSSR count). The Kier molecular flexibility index (Phi) is 4.80. The summed E-state index contributed by atoms with van der Waals surface area (Å²) in [6.45, 7) is 1.76. The third kappa shape index (κ3) is 4.62. The first-order valence-electron chi connectivity index (χ1n) is 6.50. The van der Waals surface area contributed by atoms with Crippen molar-refractivity contribution in [3.8, 4) is 5.75 Å². The molecule has 1 aromatic carbocycles. The Morgan fingerprint density at radius 2 is 2.29 bits per heavy atom. The summed E-state index contributed by atoms with van der Waals surface area (Å²) in [6, 6.07) is 2.31. The van der Waals surface area contributed by atoms with Gasteiger partial charge in [0.15, 0.2) is 0 Å². The van der Waals surface area contributed by atoms with Crippen molar-refractivity contribution in [3.63, 3.8) is 0 Å². The molecule has 21 heavy (non-hydrogen) atoms. The van der Waals surface area contributed by atoms with Gasteiger partial charge in [0.2, 0.25) is 5.75 Å². The smallest absolute Gasteiger partial charge is 0.315 e. The van der Waals surface area contributed by atoms with Gasteiger partial charge < -0.3 is 15.2 Å². The average molecular weight is 363 g/mol. The van der Waals surface area contributed by atoms with E-state index in [0.29, 0.717) is 12.6 Å². The molecule has 8 heteroatoms. The van der Waals surface area contributed by atoms with E-state index >= 15 is 0 Å². The minimum absolute atomic E-state index is 0.0897. The van der Waals surface area contributed by atoms with Gasteiger partial charge in [-0.1, -0.05) is 0 Å². The Labute approximate surface area is 129 Å². The van der Waals surface area contributed by atoms with Crippen molar-refractivity contribution in [2.45, 2.75) is 31.4 Å². The van der Waals surface area contributed by atoms with E-state index in [1.54, 1.807) is 6.92 Å². The van der Waals surface area contributed by atoms with Gasteiger partial charge in [0.1, 0.15) is 18.0 Å². The van der Waals surface area contributed by atoms with Gasteiger partial charge >= 0.3 is 5.69 Å². The Bertz CT molecular complexity index is 549. The number of nitro benzene ring substituents is 1. The highest BCUT2D eigenvalue weighted by molar-refractivity contribution is 9.10. The third-order valence-electron chi connectivity index (χ3n) is 3.06. The highest BCUT2D eigenvalue weighted by Gasteiger charge is 2.29. The molecule has 2 N–H and O–H groups in total. The Balaban J connectivity index is 2.05. The first kappa shape index (κ1) is 16.1. The molecule has 6 nitrogen and oxygen atoms in total. The second-order valence-electron chi connectivity index (χ2n) is 5.43. The number of nitrogens with zero attached hydrogens (tertiary/aromatic N) is 1. The average Bonchev–Trinajstić information content (AvgIpc) is 3.18. The molecule has 116 valence electrons. The van der Waals surface area contributed by atoms with E-state index in [4.69, 9.17) is 4.74 Å². The van der Waals surface area contributed by atoms with Crippen LogP contribution < -0.4 is 10.1 Å². The van der Waals surface area contributed by atoms with Gasteiger partial charge in [-0.2, -0.15) is 0 Å². The van der Waals surface area contributed by atoms with E-state index in [2.05, 4.69) is 21.2 Å². The van der Waals surface area contributed by atoms with Crippen LogP contribution in [-0.4, -0.2) is 34.8 Å². The molecular formula is C13H16BrFN2O4. The lowest BCUT2D eigenvalue weighted by Gasteiger charge is -2.24. The summed E-state index contributed by atoms with van der Waals surface area (Å²) in [5.41, 5.74) is -1.66. The lowest BCUT2D eigenvalue weighted by atomic mass is 10.1. The predicted molar refractivity (Wildman–Crippen MR) is 77.9 cm³/mol. The van der Waals surface area contributed by atoms with Crippen molar-refractivity contribution in [1.82, 2.24) is 5.32 Å². The Hall–Kier alpha value is -1.25. The van der Waals surface area contributed by atoms with Crippen molar-refractivity contribution < 1.29 is 19.2 Å². The SMILES string of the molecule is CC(O)(CNC1CC1)COc1c(Br)cc(F)cc1[N+](=O)[O-]. The maximum atomic E-state index is 13.2. The number of hydrogen-bond donors (Lipinski definition) is 2. The van der Waals surface area contributed by atoms with Gasteiger partial charge in [-0.05, 0) is 41.8 Å². The molecule has 1 aliphatic rings. The minimum atomic E-state index is -1.18. The van der Waals surface area contributed by atoms with E-state index in [-0.39, 0.29) is 16.8 Å². The summed E-state index contributed by atoms with van der Waals surface area (Å²) in [4.78, 5) is 10.2. The van der Waals surface area contributed by atoms with Crippen LogP contribution in [0.5, 0.6) is 5.75 Å². The van der Waals surface area contributed by atoms with Crippen molar-refractivity contribution in [2.75, 3.05) is 13.2 Å². The van der Waals surface area contributed by atoms with Crippen LogP contribution in [0.15, 0.2) is 16.6 Å². The normalized spacial score (nSPS) is 17.3. The van der Waals surface area contributed by atoms with Gasteiger partial charge in [-0.25, -0.2) is 4.39 Å². The number of aliphatic hydroxyl groups is 1. The summed E-state index contributed by atoms with van der Waals surface area (Å²) in [6.07, 6.45) is 2.18. The molecule has 1 saturated carbocycles. The van der Waals surface area contributed by atoms with Crippen LogP contribution in [0.4, 0.5) is 10.1 Å². The van der Waals surface area contributed by atoms with Gasteiger partial charge in [-0.3, -0.25) is 10.1 Å². The molecule has 0 amide bonds. The molecule has 0 radical (unpaired) electrons. The van der Waals surface area contributed by atoms with E-state index in [0.717, 1.165) is 25.0 Å². The van der Waals surface area contributed by atoms with E-state index in [9.17, 15) is 19.6 Å². The summed E-state index contributed by atoms with van der Waals surface area (Å²) in [5.74, 6) is -0.823. The second kappa shape index (κ2) is 6.25. The highest BCUT2D eigenvalue weighted by Crippen LogP contribution is 2.36. The van der Waals surface area contributed by atoms with Crippen molar-refractivity contribution in [3.05, 3.63) is 32.5 Å². The number of nitro groups is 1. The highest BCUT2D eigenvalue weighted by atomic mass is 79.9. The van der Waals surface area contributed by atoms with Crippen LogP contribution in [0.3, 0.4) is 0 Å². The largest absolute Gasteiger partial charge is 0.483 e. The van der Waals surface area contributed by atoms with E-state index in [1.807, 2.05) is 0 Å². The lowest BCUT2D eigenvalue weighted by Crippen LogP contribution is -2.43. The summed E-state index contributed by atoms with van der Waals surface area (Å²) >= 11 is 3.04. The number of ether oxygens (including phenoxy) is 1. The molecule has 0 bridgehead atoms. The monoisotopic (exact) mass is 362 g/mol. The summed E-state index contributed by atoms with van der Waals surface area (Å²) in [5, 5.41) is 24.3. The molecule has 0 saturated heterocycles. The Morgan fingerprint density at radius 3 is 2.86 bits per heavy atom. The van der Waals surface area contributed by atoms with Crippen LogP contribution in [0.2, 0.25) is 0 Å². The number of halogens is 2. The maximum absolute atomic E-state index is 13.2. The standard InChI is InChI=1S/C13H16BrFN2O4/c1-13(18,6-16-9-2-3-9)7-21-12-10(14)4-8(15)5-11(12)17(19)20/h4-5,9,16,18H,2-3,6-7H2,1H3. The van der Waals surface area contributed by atoms with Crippen LogP contribution in [-0.2, 0) is 0 Å². The van der Waals surface area contributed by atoms with E-state index < -0.39 is 22.0 Å². The zero-order valence-electron chi connectivity index (χ0n) is 11.4. The summed E-state index contributed by atoms with van der Waals surface area (Å²) < 4.78 is 18.7. The first-order chi connectivity index (χ1) is 9.78. The molecule has 0 heterocycles. The lowest BCUT2D eigenvalue weighted by molar-refractivity contribution is -0.386. The van der Waals surface area contributed by atoms with Crippen LogP contribution in [0.25, 0.3) is 0 Å². The van der Waals surface area contributed by atoms with Crippen LogP contribution >= 0.6 is 15.9 Å². The van der Waals surface area contributed by atoms with Gasteiger partial charge in [0.05, 0.1) is 15.5 Å². The summed E-state index contributed by atoms with van der Waals surface area (Å²) in [7, 11) is 0. The molecule has 1 aromatic rings. The second-order valence-corrected chi connectivity index (χ2v) is 6.29. The molecule has 1 unspecified atom stereocenters. The molecule has 0 spiro atoms. The van der Waals surface area contributed by atoms with Crippen molar-refractivity contribution in [2.24, 2.45) is 0 Å². The van der Waals surface area contributed by atoms with Gasteiger partial charge in [-0.15, -0.1) is 0 Å². The fraction of sp³-hybridized carbons (Fsp3) is 0.538. The van der Waals surface area contributed by atoms with Crippen LogP contribution in [0.1, 0.15) is 19.8 Å². The number of rotatable bonds is 7. The molecule has 1 aliphatic carbocycles. The van der Waals surface area contributed by atoms with Crippen molar-refractivity contribution in [1.29, 1.82) is 0 Å². The number of hydrogen-bond acceptors (Lipinski definition) is 5. The molecule has 0 aliphatic heterocycles. The number of benzene rings is 1. The fourth-order valence-electron chi connectivity index (χ4n) is 1.76. The van der Waals surface area contributed by atoms with E-state index in [1.165, 1.54) is 0 Å². The molecule has 1 fully saturated rings. The zero-order valence-corrected chi connectivity index (χ0v) is 13.0.